The molecule has 0 aliphatic carbocycles. The lowest BCUT2D eigenvalue weighted by atomic mass is 10.1. The molecule has 1 aromatic rings. The van der Waals surface area contributed by atoms with Crippen molar-refractivity contribution in [3.8, 4) is 0 Å². The van der Waals surface area contributed by atoms with Crippen molar-refractivity contribution in [2.24, 2.45) is 0 Å². The van der Waals surface area contributed by atoms with E-state index < -0.39 is 40.9 Å². The summed E-state index contributed by atoms with van der Waals surface area (Å²) in [5, 5.41) is 0. The van der Waals surface area contributed by atoms with Gasteiger partial charge in [0.15, 0.2) is 0 Å². The standard InChI is InChI=1S/C9H7F5O6PS/c1-18-21(15)19-20-22(16,17)7-5-3-2-4-6(7)8(10,11)9(12,13)14/h2-5H,1H3/q+1. The van der Waals surface area contributed by atoms with Crippen LogP contribution in [0.15, 0.2) is 29.2 Å². The van der Waals surface area contributed by atoms with E-state index >= 15 is 0 Å². The summed E-state index contributed by atoms with van der Waals surface area (Å²) in [6.07, 6.45) is -6.03. The Morgan fingerprint density at radius 3 is 2.14 bits per heavy atom. The molecule has 0 aliphatic heterocycles. The molecule has 1 atom stereocenters. The number of benzene rings is 1. The normalized spacial score (nSPS) is 14.0. The predicted molar refractivity (Wildman–Crippen MR) is 60.4 cm³/mol. The predicted octanol–water partition coefficient (Wildman–Crippen LogP) is 3.28. The number of rotatable bonds is 6. The van der Waals surface area contributed by atoms with E-state index in [9.17, 15) is 34.9 Å². The van der Waals surface area contributed by atoms with Crippen molar-refractivity contribution in [1.82, 2.24) is 0 Å². The van der Waals surface area contributed by atoms with Crippen molar-refractivity contribution in [2.75, 3.05) is 7.11 Å². The Labute approximate surface area is 121 Å². The lowest BCUT2D eigenvalue weighted by Crippen LogP contribution is -2.35. The van der Waals surface area contributed by atoms with Gasteiger partial charge in [-0.25, -0.2) is 0 Å². The van der Waals surface area contributed by atoms with E-state index in [0.717, 1.165) is 19.2 Å². The van der Waals surface area contributed by atoms with Gasteiger partial charge in [-0.05, 0) is 6.07 Å². The van der Waals surface area contributed by atoms with E-state index in [2.05, 4.69) is 13.5 Å². The van der Waals surface area contributed by atoms with Gasteiger partial charge in [0.2, 0.25) is 0 Å². The van der Waals surface area contributed by atoms with Crippen LogP contribution in [-0.4, -0.2) is 21.7 Å². The summed E-state index contributed by atoms with van der Waals surface area (Å²) < 4.78 is 109. The molecule has 0 aliphatic rings. The number of alkyl halides is 5. The summed E-state index contributed by atoms with van der Waals surface area (Å²) in [4.78, 5) is -1.49. The molecular weight excluding hydrogens is 362 g/mol. The van der Waals surface area contributed by atoms with Crippen LogP contribution in [-0.2, 0) is 34.1 Å². The van der Waals surface area contributed by atoms with Crippen LogP contribution in [0.5, 0.6) is 0 Å². The van der Waals surface area contributed by atoms with Crippen LogP contribution in [0, 0.1) is 0 Å². The van der Waals surface area contributed by atoms with E-state index in [-0.39, 0.29) is 6.07 Å². The highest BCUT2D eigenvalue weighted by Crippen LogP contribution is 2.46. The van der Waals surface area contributed by atoms with Gasteiger partial charge < -0.3 is 0 Å². The number of halogens is 5. The van der Waals surface area contributed by atoms with Crippen LogP contribution >= 0.6 is 8.25 Å². The van der Waals surface area contributed by atoms with E-state index in [0.29, 0.717) is 6.07 Å². The van der Waals surface area contributed by atoms with Crippen molar-refractivity contribution in [2.45, 2.75) is 17.0 Å². The first-order chi connectivity index (χ1) is 9.93. The zero-order valence-corrected chi connectivity index (χ0v) is 12.2. The van der Waals surface area contributed by atoms with Gasteiger partial charge in [-0.2, -0.15) is 30.4 Å². The summed E-state index contributed by atoms with van der Waals surface area (Å²) in [7, 11) is -7.41. The summed E-state index contributed by atoms with van der Waals surface area (Å²) in [5.74, 6) is -5.45. The van der Waals surface area contributed by atoms with Gasteiger partial charge >= 0.3 is 30.5 Å². The quantitative estimate of drug-likeness (QED) is 0.331. The largest absolute Gasteiger partial charge is 0.729 e. The van der Waals surface area contributed by atoms with Crippen molar-refractivity contribution < 1.29 is 48.5 Å². The molecule has 1 aromatic carbocycles. The van der Waals surface area contributed by atoms with E-state index in [1.54, 1.807) is 0 Å². The Balaban J connectivity index is 3.30. The van der Waals surface area contributed by atoms with Gasteiger partial charge in [-0.15, -0.1) is 4.52 Å². The van der Waals surface area contributed by atoms with Crippen molar-refractivity contribution in [3.05, 3.63) is 29.8 Å². The first-order valence-corrected chi connectivity index (χ1v) is 7.60. The minimum absolute atomic E-state index is 0.264. The third-order valence-electron chi connectivity index (χ3n) is 2.18. The Morgan fingerprint density at radius 2 is 1.64 bits per heavy atom. The topological polar surface area (TPSA) is 78.9 Å². The van der Waals surface area contributed by atoms with Crippen LogP contribution in [0.3, 0.4) is 0 Å². The number of hydrogen-bond acceptors (Lipinski definition) is 6. The smallest absolute Gasteiger partial charge is 0.191 e. The fourth-order valence-corrected chi connectivity index (χ4v) is 2.59. The molecule has 0 saturated carbocycles. The van der Waals surface area contributed by atoms with Crippen LogP contribution in [0.4, 0.5) is 22.0 Å². The summed E-state index contributed by atoms with van der Waals surface area (Å²) >= 11 is 0. The van der Waals surface area contributed by atoms with Gasteiger partial charge in [0, 0.05) is 4.57 Å². The first-order valence-electron chi connectivity index (χ1n) is 5.10. The molecule has 6 nitrogen and oxygen atoms in total. The van der Waals surface area contributed by atoms with Gasteiger partial charge in [0.1, 0.15) is 4.90 Å². The Hall–Kier alpha value is -1.20. The zero-order chi connectivity index (χ0) is 17.2. The third kappa shape index (κ3) is 3.96. The maximum atomic E-state index is 13.4. The van der Waals surface area contributed by atoms with Gasteiger partial charge in [0.25, 0.3) is 0 Å². The molecule has 0 N–H and O–H groups in total. The minimum Gasteiger partial charge on any atom is -0.191 e. The van der Waals surface area contributed by atoms with Crippen LogP contribution in [0.25, 0.3) is 0 Å². The zero-order valence-electron chi connectivity index (χ0n) is 10.5. The van der Waals surface area contributed by atoms with E-state index in [4.69, 9.17) is 0 Å². The second-order valence-electron chi connectivity index (χ2n) is 3.57. The molecule has 0 amide bonds. The van der Waals surface area contributed by atoms with E-state index in [1.165, 1.54) is 0 Å². The highest BCUT2D eigenvalue weighted by Gasteiger charge is 2.60. The monoisotopic (exact) mass is 369 g/mol. The molecule has 13 heteroatoms. The van der Waals surface area contributed by atoms with Gasteiger partial charge in [-0.3, -0.25) is 0 Å². The van der Waals surface area contributed by atoms with Gasteiger partial charge in [0.05, 0.1) is 17.3 Å². The van der Waals surface area contributed by atoms with E-state index in [1.807, 2.05) is 0 Å². The molecule has 22 heavy (non-hydrogen) atoms. The Kier molecular flexibility index (Phi) is 5.57. The summed E-state index contributed by atoms with van der Waals surface area (Å²) in [6.45, 7) is 0. The summed E-state index contributed by atoms with van der Waals surface area (Å²) in [6, 6.07) is 2.39. The van der Waals surface area contributed by atoms with Crippen molar-refractivity contribution in [1.29, 1.82) is 0 Å². The lowest BCUT2D eigenvalue weighted by Gasteiger charge is -2.21. The minimum atomic E-state index is -6.03. The molecule has 0 heterocycles. The highest BCUT2D eigenvalue weighted by atomic mass is 32.2. The molecule has 0 saturated heterocycles. The SMILES string of the molecule is CO[P+](=O)OOS(=O)(=O)c1ccccc1C(F)(F)C(F)(F)F. The summed E-state index contributed by atoms with van der Waals surface area (Å²) in [5.41, 5.74) is -1.86. The molecule has 1 unspecified atom stereocenters. The first kappa shape index (κ1) is 18.8. The molecule has 0 bridgehead atoms. The fraction of sp³-hybridized carbons (Fsp3) is 0.333. The second-order valence-corrected chi connectivity index (χ2v) is 6.02. The molecule has 0 fully saturated rings. The Morgan fingerprint density at radius 1 is 1.09 bits per heavy atom. The maximum Gasteiger partial charge on any atom is 0.729 e. The average Bonchev–Trinajstić information content (AvgIpc) is 2.43. The maximum absolute atomic E-state index is 13.4. The van der Waals surface area contributed by atoms with Gasteiger partial charge in [-0.1, -0.05) is 22.5 Å². The molecule has 1 rings (SSSR count). The molecule has 0 spiro atoms. The van der Waals surface area contributed by atoms with Crippen molar-refractivity contribution in [3.63, 3.8) is 0 Å². The average molecular weight is 369 g/mol. The second kappa shape index (κ2) is 6.50. The molecule has 0 radical (unpaired) electrons. The van der Waals surface area contributed by atoms with Crippen molar-refractivity contribution >= 4 is 18.4 Å². The molecule has 124 valence electrons. The fourth-order valence-electron chi connectivity index (χ4n) is 1.23. The molecular formula is C9H7F5O6PS+. The molecule has 0 aromatic heterocycles. The van der Waals surface area contributed by atoms with Crippen LogP contribution < -0.4 is 0 Å². The van der Waals surface area contributed by atoms with Crippen LogP contribution in [0.2, 0.25) is 0 Å². The third-order valence-corrected chi connectivity index (χ3v) is 3.92. The van der Waals surface area contributed by atoms with Crippen LogP contribution in [0.1, 0.15) is 5.56 Å². The number of hydrogen-bond donors (Lipinski definition) is 0. The Bertz CT molecular complexity index is 659. The lowest BCUT2D eigenvalue weighted by molar-refractivity contribution is -0.290. The highest BCUT2D eigenvalue weighted by molar-refractivity contribution is 7.86.